The lowest BCUT2D eigenvalue weighted by Crippen LogP contribution is -2.11. The van der Waals surface area contributed by atoms with Gasteiger partial charge in [-0.05, 0) is 6.54 Å². The summed E-state index contributed by atoms with van der Waals surface area (Å²) in [6.07, 6.45) is 1.52. The maximum Gasteiger partial charge on any atom is 0.194 e. The van der Waals surface area contributed by atoms with E-state index in [9.17, 15) is 13.2 Å². The highest BCUT2D eigenvalue weighted by atomic mass is 19.2. The van der Waals surface area contributed by atoms with Crippen LogP contribution in [0.15, 0.2) is 18.3 Å². The van der Waals surface area contributed by atoms with Gasteiger partial charge in [-0.1, -0.05) is 12.1 Å². The predicted molar refractivity (Wildman–Crippen MR) is 58.6 cm³/mol. The number of hydrogen-bond acceptors (Lipinski definition) is 3. The van der Waals surface area contributed by atoms with E-state index in [0.29, 0.717) is 12.2 Å². The second-order valence-corrected chi connectivity index (χ2v) is 3.66. The Morgan fingerprint density at radius 1 is 1.22 bits per heavy atom. The monoisotopic (exact) mass is 256 g/mol. The molecule has 1 N–H and O–H groups in total. The van der Waals surface area contributed by atoms with Gasteiger partial charge in [0.05, 0.1) is 17.6 Å². The fourth-order valence-corrected chi connectivity index (χ4v) is 1.43. The van der Waals surface area contributed by atoms with Gasteiger partial charge in [-0.2, -0.15) is 0 Å². The first kappa shape index (κ1) is 12.6. The molecule has 0 fully saturated rings. The van der Waals surface area contributed by atoms with Gasteiger partial charge in [0.1, 0.15) is 0 Å². The molecule has 2 aromatic rings. The van der Waals surface area contributed by atoms with Gasteiger partial charge in [0.2, 0.25) is 0 Å². The lowest BCUT2D eigenvalue weighted by molar-refractivity contribution is 0.446. The predicted octanol–water partition coefficient (Wildman–Crippen LogP) is 1.79. The molecule has 0 spiro atoms. The molecule has 1 aromatic carbocycles. The van der Waals surface area contributed by atoms with E-state index < -0.39 is 17.5 Å². The molecule has 1 aromatic heterocycles. The number of aromatic nitrogens is 3. The minimum atomic E-state index is -1.49. The Bertz CT molecular complexity index is 530. The smallest absolute Gasteiger partial charge is 0.194 e. The molecule has 0 saturated carbocycles. The van der Waals surface area contributed by atoms with E-state index in [1.54, 1.807) is 0 Å². The standard InChI is InChI=1S/C11H11F3N4/c1-2-15-5-7-6-18(17-16-7)8-3-9(12)11(14)10(13)4-8/h3-4,6,15H,2,5H2,1H3. The molecule has 7 heteroatoms. The molecule has 96 valence electrons. The number of nitrogens with zero attached hydrogens (tertiary/aromatic N) is 3. The fraction of sp³-hybridized carbons (Fsp3) is 0.273. The van der Waals surface area contributed by atoms with Gasteiger partial charge >= 0.3 is 0 Å². The van der Waals surface area contributed by atoms with Gasteiger partial charge in [0.15, 0.2) is 17.5 Å². The molecule has 0 aliphatic heterocycles. The number of rotatable bonds is 4. The third-order valence-corrected chi connectivity index (χ3v) is 2.33. The Kier molecular flexibility index (Phi) is 3.61. The molecule has 0 aliphatic rings. The van der Waals surface area contributed by atoms with Gasteiger partial charge in [0, 0.05) is 18.7 Å². The summed E-state index contributed by atoms with van der Waals surface area (Å²) in [6.45, 7) is 3.21. The van der Waals surface area contributed by atoms with Gasteiger partial charge in [-0.15, -0.1) is 5.10 Å². The SMILES string of the molecule is CCNCc1cn(-c2cc(F)c(F)c(F)c2)nn1. The first-order chi connectivity index (χ1) is 8.61. The maximum atomic E-state index is 13.0. The van der Waals surface area contributed by atoms with Crippen LogP contribution in [0.1, 0.15) is 12.6 Å². The largest absolute Gasteiger partial charge is 0.311 e. The second-order valence-electron chi connectivity index (χ2n) is 3.66. The summed E-state index contributed by atoms with van der Waals surface area (Å²) in [5.74, 6) is -4.01. The molecule has 2 rings (SSSR count). The summed E-state index contributed by atoms with van der Waals surface area (Å²) in [6, 6.07) is 1.73. The first-order valence-electron chi connectivity index (χ1n) is 5.38. The highest BCUT2D eigenvalue weighted by molar-refractivity contribution is 5.32. The van der Waals surface area contributed by atoms with Crippen molar-refractivity contribution in [3.05, 3.63) is 41.5 Å². The van der Waals surface area contributed by atoms with E-state index in [1.807, 2.05) is 6.92 Å². The van der Waals surface area contributed by atoms with Crippen LogP contribution in [0.2, 0.25) is 0 Å². The van der Waals surface area contributed by atoms with E-state index in [2.05, 4.69) is 15.6 Å². The summed E-state index contributed by atoms with van der Waals surface area (Å²) < 4.78 is 40.1. The van der Waals surface area contributed by atoms with E-state index >= 15 is 0 Å². The summed E-state index contributed by atoms with van der Waals surface area (Å²) in [5, 5.41) is 10.6. The van der Waals surface area contributed by atoms with Crippen LogP contribution < -0.4 is 5.32 Å². The lowest BCUT2D eigenvalue weighted by atomic mass is 10.3. The van der Waals surface area contributed by atoms with Crippen molar-refractivity contribution < 1.29 is 13.2 Å². The summed E-state index contributed by atoms with van der Waals surface area (Å²) in [7, 11) is 0. The van der Waals surface area contributed by atoms with Gasteiger partial charge < -0.3 is 5.32 Å². The van der Waals surface area contributed by atoms with Crippen LogP contribution in [0, 0.1) is 17.5 Å². The second kappa shape index (κ2) is 5.18. The zero-order valence-corrected chi connectivity index (χ0v) is 9.62. The highest BCUT2D eigenvalue weighted by Crippen LogP contribution is 2.16. The average Bonchev–Trinajstić information content (AvgIpc) is 2.81. The molecule has 18 heavy (non-hydrogen) atoms. The molecule has 0 saturated heterocycles. The van der Waals surface area contributed by atoms with Crippen molar-refractivity contribution in [1.82, 2.24) is 20.3 Å². The quantitative estimate of drug-likeness (QED) is 0.848. The fourth-order valence-electron chi connectivity index (χ4n) is 1.43. The van der Waals surface area contributed by atoms with E-state index in [4.69, 9.17) is 0 Å². The van der Waals surface area contributed by atoms with Crippen molar-refractivity contribution in [3.8, 4) is 5.69 Å². The molecule has 0 amide bonds. The number of nitrogens with one attached hydrogen (secondary N) is 1. The molecule has 0 radical (unpaired) electrons. The van der Waals surface area contributed by atoms with Crippen LogP contribution in [0.5, 0.6) is 0 Å². The number of halogens is 3. The van der Waals surface area contributed by atoms with Crippen LogP contribution in [-0.4, -0.2) is 21.5 Å². The van der Waals surface area contributed by atoms with Crippen molar-refractivity contribution in [2.75, 3.05) is 6.54 Å². The average molecular weight is 256 g/mol. The van der Waals surface area contributed by atoms with Crippen molar-refractivity contribution in [3.63, 3.8) is 0 Å². The summed E-state index contributed by atoms with van der Waals surface area (Å²) in [4.78, 5) is 0. The highest BCUT2D eigenvalue weighted by Gasteiger charge is 2.12. The minimum absolute atomic E-state index is 0.0849. The maximum absolute atomic E-state index is 13.0. The van der Waals surface area contributed by atoms with Gasteiger partial charge in [-0.3, -0.25) is 0 Å². The Balaban J connectivity index is 2.28. The van der Waals surface area contributed by atoms with Crippen LogP contribution in [-0.2, 0) is 6.54 Å². The van der Waals surface area contributed by atoms with Crippen molar-refractivity contribution in [2.24, 2.45) is 0 Å². The summed E-state index contributed by atoms with van der Waals surface area (Å²) in [5.41, 5.74) is 0.712. The molecule has 1 heterocycles. The third-order valence-electron chi connectivity index (χ3n) is 2.33. The lowest BCUT2D eigenvalue weighted by Gasteiger charge is -2.01. The van der Waals surface area contributed by atoms with Crippen LogP contribution in [0.4, 0.5) is 13.2 Å². The molecular weight excluding hydrogens is 245 g/mol. The first-order valence-corrected chi connectivity index (χ1v) is 5.38. The molecule has 0 bridgehead atoms. The van der Waals surface area contributed by atoms with E-state index in [1.165, 1.54) is 10.9 Å². The zero-order chi connectivity index (χ0) is 13.1. The van der Waals surface area contributed by atoms with Gasteiger partial charge in [0.25, 0.3) is 0 Å². The van der Waals surface area contributed by atoms with E-state index in [0.717, 1.165) is 18.7 Å². The third kappa shape index (κ3) is 2.51. The van der Waals surface area contributed by atoms with Crippen LogP contribution in [0.25, 0.3) is 5.69 Å². The normalized spacial score (nSPS) is 10.9. The Morgan fingerprint density at radius 2 is 1.89 bits per heavy atom. The Labute approximate surface area is 101 Å². The van der Waals surface area contributed by atoms with Crippen molar-refractivity contribution in [2.45, 2.75) is 13.5 Å². The topological polar surface area (TPSA) is 42.7 Å². The van der Waals surface area contributed by atoms with Gasteiger partial charge in [-0.25, -0.2) is 17.9 Å². The molecule has 0 aliphatic carbocycles. The molecular formula is C11H11F3N4. The summed E-state index contributed by atoms with van der Waals surface area (Å²) >= 11 is 0. The Morgan fingerprint density at radius 3 is 2.50 bits per heavy atom. The number of benzene rings is 1. The zero-order valence-electron chi connectivity index (χ0n) is 9.62. The van der Waals surface area contributed by atoms with Crippen molar-refractivity contribution in [1.29, 1.82) is 0 Å². The molecule has 0 atom stereocenters. The van der Waals surface area contributed by atoms with Crippen LogP contribution >= 0.6 is 0 Å². The molecule has 0 unspecified atom stereocenters. The Hall–Kier alpha value is -1.89. The molecule has 4 nitrogen and oxygen atoms in total. The number of hydrogen-bond donors (Lipinski definition) is 1. The minimum Gasteiger partial charge on any atom is -0.311 e. The van der Waals surface area contributed by atoms with E-state index in [-0.39, 0.29) is 5.69 Å². The van der Waals surface area contributed by atoms with Crippen LogP contribution in [0.3, 0.4) is 0 Å². The van der Waals surface area contributed by atoms with Crippen molar-refractivity contribution >= 4 is 0 Å².